The van der Waals surface area contributed by atoms with E-state index in [0.717, 1.165) is 11.3 Å². The van der Waals surface area contributed by atoms with Gasteiger partial charge in [0.05, 0.1) is 11.3 Å². The van der Waals surface area contributed by atoms with E-state index in [2.05, 4.69) is 13.8 Å². The summed E-state index contributed by atoms with van der Waals surface area (Å²) in [4.78, 5) is 14.4. The van der Waals surface area contributed by atoms with Crippen molar-refractivity contribution in [1.82, 2.24) is 0 Å². The Balaban J connectivity index is 2.24. The van der Waals surface area contributed by atoms with E-state index in [1.54, 1.807) is 4.90 Å². The maximum atomic E-state index is 12.7. The number of anilines is 1. The molecule has 0 N–H and O–H groups in total. The topological polar surface area (TPSA) is 29.5 Å². The molecule has 96 valence electrons. The zero-order valence-corrected chi connectivity index (χ0v) is 11.6. The Morgan fingerprint density at radius 3 is 2.28 bits per heavy atom. The lowest BCUT2D eigenvalue weighted by atomic mass is 9.57. The minimum Gasteiger partial charge on any atom is -0.353 e. The summed E-state index contributed by atoms with van der Waals surface area (Å²) in [5.74, 6) is 0.0491. The van der Waals surface area contributed by atoms with Crippen LogP contribution >= 0.6 is 0 Å². The van der Waals surface area contributed by atoms with Crippen molar-refractivity contribution in [1.29, 1.82) is 0 Å². The summed E-state index contributed by atoms with van der Waals surface area (Å²) >= 11 is 0. The van der Waals surface area contributed by atoms with Gasteiger partial charge in [0.1, 0.15) is 0 Å². The van der Waals surface area contributed by atoms with Gasteiger partial charge in [-0.3, -0.25) is 4.79 Å². The number of nitrogens with zero attached hydrogens (tertiary/aromatic N) is 1. The lowest BCUT2D eigenvalue weighted by Gasteiger charge is -2.63. The number of carbonyl (C=O) groups excluding carboxylic acids is 1. The summed E-state index contributed by atoms with van der Waals surface area (Å²) in [7, 11) is 1.82. The number of benzene rings is 1. The molecule has 1 atom stereocenters. The fourth-order valence-electron chi connectivity index (χ4n) is 3.24. The van der Waals surface area contributed by atoms with Gasteiger partial charge in [0, 0.05) is 18.0 Å². The Morgan fingerprint density at radius 1 is 1.11 bits per heavy atom. The minimum absolute atomic E-state index is 0.0491. The van der Waals surface area contributed by atoms with Gasteiger partial charge in [-0.2, -0.15) is 0 Å². The summed E-state index contributed by atoms with van der Waals surface area (Å²) < 4.78 is 6.11. The molecule has 1 saturated heterocycles. The molecule has 3 heteroatoms. The van der Waals surface area contributed by atoms with Gasteiger partial charge in [0.25, 0.3) is 5.91 Å². The lowest BCUT2D eigenvalue weighted by molar-refractivity contribution is -0.342. The maximum absolute atomic E-state index is 12.7. The van der Waals surface area contributed by atoms with Gasteiger partial charge >= 0.3 is 0 Å². The van der Waals surface area contributed by atoms with Gasteiger partial charge in [-0.25, -0.2) is 0 Å². The van der Waals surface area contributed by atoms with Crippen LogP contribution in [0.4, 0.5) is 5.69 Å². The van der Waals surface area contributed by atoms with E-state index in [9.17, 15) is 4.79 Å². The van der Waals surface area contributed by atoms with E-state index in [4.69, 9.17) is 4.74 Å². The van der Waals surface area contributed by atoms with Crippen LogP contribution in [0.5, 0.6) is 0 Å². The third-order valence-electron chi connectivity index (χ3n) is 5.04. The average molecular weight is 245 g/mol. The fourth-order valence-corrected chi connectivity index (χ4v) is 3.24. The van der Waals surface area contributed by atoms with Crippen LogP contribution in [0, 0.1) is 5.41 Å². The van der Waals surface area contributed by atoms with Crippen molar-refractivity contribution in [2.75, 3.05) is 11.9 Å². The first-order valence-electron chi connectivity index (χ1n) is 6.33. The molecule has 0 aliphatic carbocycles. The molecular weight excluding hydrogens is 226 g/mol. The molecule has 3 rings (SSSR count). The predicted octanol–water partition coefficient (Wildman–Crippen LogP) is 2.69. The number of rotatable bonds is 0. The standard InChI is InChI=1S/C15H19NO2/c1-13(2)14(3,4)18-15(13)10-8-6-7-9-11(10)16(5)12(15)17/h6-9H,1-5H3. The van der Waals surface area contributed by atoms with Crippen molar-refractivity contribution >= 4 is 11.6 Å². The van der Waals surface area contributed by atoms with Crippen molar-refractivity contribution in [2.24, 2.45) is 5.41 Å². The number of amides is 1. The normalized spacial score (nSPS) is 31.4. The Bertz CT molecular complexity index is 547. The molecule has 0 saturated carbocycles. The Kier molecular flexibility index (Phi) is 1.93. The SMILES string of the molecule is CN1C(=O)C2(OC(C)(C)C2(C)C)c2ccccc21. The summed E-state index contributed by atoms with van der Waals surface area (Å²) in [5.41, 5.74) is 0.647. The minimum atomic E-state index is -0.804. The monoisotopic (exact) mass is 245 g/mol. The molecule has 0 radical (unpaired) electrons. The predicted molar refractivity (Wildman–Crippen MR) is 70.5 cm³/mol. The first kappa shape index (κ1) is 11.7. The molecule has 3 nitrogen and oxygen atoms in total. The highest BCUT2D eigenvalue weighted by Crippen LogP contribution is 2.66. The van der Waals surface area contributed by atoms with Crippen LogP contribution in [-0.2, 0) is 15.1 Å². The summed E-state index contributed by atoms with van der Waals surface area (Å²) in [5, 5.41) is 0. The molecule has 0 aromatic heterocycles. The van der Waals surface area contributed by atoms with Crippen LogP contribution in [-0.4, -0.2) is 18.6 Å². The van der Waals surface area contributed by atoms with Gasteiger partial charge in [-0.05, 0) is 19.9 Å². The van der Waals surface area contributed by atoms with Crippen LogP contribution in [0.15, 0.2) is 24.3 Å². The molecule has 1 spiro atoms. The van der Waals surface area contributed by atoms with E-state index >= 15 is 0 Å². The highest BCUT2D eigenvalue weighted by molar-refractivity contribution is 6.08. The Morgan fingerprint density at radius 2 is 1.72 bits per heavy atom. The van der Waals surface area contributed by atoms with E-state index in [-0.39, 0.29) is 16.9 Å². The molecule has 1 unspecified atom stereocenters. The van der Waals surface area contributed by atoms with Crippen LogP contribution in [0.2, 0.25) is 0 Å². The highest BCUT2D eigenvalue weighted by atomic mass is 16.6. The number of likely N-dealkylation sites (N-methyl/N-ethyl adjacent to an activating group) is 1. The van der Waals surface area contributed by atoms with Crippen LogP contribution in [0.25, 0.3) is 0 Å². The molecule has 0 bridgehead atoms. The first-order chi connectivity index (χ1) is 8.26. The second-order valence-corrected chi connectivity index (χ2v) is 6.30. The molecular formula is C15H19NO2. The molecule has 1 fully saturated rings. The highest BCUT2D eigenvalue weighted by Gasteiger charge is 2.74. The third-order valence-corrected chi connectivity index (χ3v) is 5.04. The Hall–Kier alpha value is -1.35. The number of fused-ring (bicyclic) bond motifs is 2. The molecule has 2 aliphatic rings. The maximum Gasteiger partial charge on any atom is 0.264 e. The summed E-state index contributed by atoms with van der Waals surface area (Å²) in [6, 6.07) is 7.91. The van der Waals surface area contributed by atoms with Gasteiger partial charge in [-0.1, -0.05) is 32.0 Å². The zero-order chi connectivity index (χ0) is 13.3. The number of hydrogen-bond donors (Lipinski definition) is 0. The van der Waals surface area contributed by atoms with Gasteiger partial charge in [-0.15, -0.1) is 0 Å². The van der Waals surface area contributed by atoms with Gasteiger partial charge in [0.15, 0.2) is 5.60 Å². The van der Waals surface area contributed by atoms with E-state index in [1.807, 2.05) is 45.2 Å². The molecule has 2 aliphatic heterocycles. The van der Waals surface area contributed by atoms with Crippen molar-refractivity contribution in [2.45, 2.75) is 38.9 Å². The van der Waals surface area contributed by atoms with Crippen molar-refractivity contribution < 1.29 is 9.53 Å². The smallest absolute Gasteiger partial charge is 0.264 e. The van der Waals surface area contributed by atoms with E-state index in [1.165, 1.54) is 0 Å². The Labute approximate surface area is 108 Å². The number of ether oxygens (including phenoxy) is 1. The number of para-hydroxylation sites is 1. The average Bonchev–Trinajstić information content (AvgIpc) is 2.54. The molecule has 18 heavy (non-hydrogen) atoms. The molecule has 1 amide bonds. The molecule has 1 aromatic carbocycles. The van der Waals surface area contributed by atoms with Crippen molar-refractivity contribution in [3.05, 3.63) is 29.8 Å². The quantitative estimate of drug-likeness (QED) is 0.703. The molecule has 1 aromatic rings. The lowest BCUT2D eigenvalue weighted by Crippen LogP contribution is -2.72. The van der Waals surface area contributed by atoms with Gasteiger partial charge in [0.2, 0.25) is 0 Å². The first-order valence-corrected chi connectivity index (χ1v) is 6.33. The van der Waals surface area contributed by atoms with Gasteiger partial charge < -0.3 is 9.64 Å². The van der Waals surface area contributed by atoms with Crippen LogP contribution in [0.1, 0.15) is 33.3 Å². The second-order valence-electron chi connectivity index (χ2n) is 6.30. The van der Waals surface area contributed by atoms with E-state index in [0.29, 0.717) is 0 Å². The summed E-state index contributed by atoms with van der Waals surface area (Å²) in [6.45, 7) is 8.33. The van der Waals surface area contributed by atoms with Crippen molar-refractivity contribution in [3.63, 3.8) is 0 Å². The fraction of sp³-hybridized carbons (Fsp3) is 0.533. The van der Waals surface area contributed by atoms with E-state index < -0.39 is 5.60 Å². The largest absolute Gasteiger partial charge is 0.353 e. The van der Waals surface area contributed by atoms with Crippen LogP contribution < -0.4 is 4.90 Å². The molecule has 2 heterocycles. The van der Waals surface area contributed by atoms with Crippen LogP contribution in [0.3, 0.4) is 0 Å². The second kappa shape index (κ2) is 2.97. The van der Waals surface area contributed by atoms with Crippen molar-refractivity contribution in [3.8, 4) is 0 Å². The zero-order valence-electron chi connectivity index (χ0n) is 11.6. The third kappa shape index (κ3) is 0.948. The number of hydrogen-bond acceptors (Lipinski definition) is 2. The number of carbonyl (C=O) groups is 1. The summed E-state index contributed by atoms with van der Waals surface area (Å²) in [6.07, 6.45) is 0.